The molecule has 1 fully saturated rings. The van der Waals surface area contributed by atoms with Gasteiger partial charge in [0.15, 0.2) is 8.32 Å². The summed E-state index contributed by atoms with van der Waals surface area (Å²) in [6, 6.07) is 9.76. The largest absolute Gasteiger partial charge is 0.416 e. The number of hydrogen-bond acceptors (Lipinski definition) is 5. The Balaban J connectivity index is 1.28. The number of amides is 5. The maximum atomic E-state index is 12.9. The number of benzene rings is 2. The molecule has 3 N–H and O–H groups in total. The fourth-order valence-corrected chi connectivity index (χ4v) is 5.88. The summed E-state index contributed by atoms with van der Waals surface area (Å²) in [5.41, 5.74) is 3.68. The highest BCUT2D eigenvalue weighted by molar-refractivity contribution is 6.74. The van der Waals surface area contributed by atoms with Crippen molar-refractivity contribution in [1.29, 1.82) is 0 Å². The summed E-state index contributed by atoms with van der Waals surface area (Å²) in [4.78, 5) is 50.6. The minimum Gasteiger partial charge on any atom is -0.416 e. The van der Waals surface area contributed by atoms with E-state index >= 15 is 0 Å². The van der Waals surface area contributed by atoms with Gasteiger partial charge in [-0.25, -0.2) is 4.79 Å². The van der Waals surface area contributed by atoms with Gasteiger partial charge in [-0.3, -0.25) is 19.7 Å². The van der Waals surface area contributed by atoms with E-state index in [2.05, 4.69) is 49.8 Å². The van der Waals surface area contributed by atoms with Crippen molar-refractivity contribution in [1.82, 2.24) is 15.5 Å². The molecule has 11 heteroatoms. The number of imide groups is 1. The van der Waals surface area contributed by atoms with Crippen LogP contribution < -0.4 is 16.0 Å². The second-order valence-corrected chi connectivity index (χ2v) is 17.1. The van der Waals surface area contributed by atoms with Gasteiger partial charge in [0.1, 0.15) is 6.04 Å². The fourth-order valence-electron chi connectivity index (χ4n) is 4.56. The highest BCUT2D eigenvalue weighted by atomic mass is 35.5. The minimum atomic E-state index is -1.83. The van der Waals surface area contributed by atoms with Crippen molar-refractivity contribution in [2.45, 2.75) is 77.3 Å². The van der Waals surface area contributed by atoms with Gasteiger partial charge in [0.05, 0.1) is 0 Å². The minimum absolute atomic E-state index is 0.144. The number of carbonyl (C=O) groups is 4. The van der Waals surface area contributed by atoms with Crippen LogP contribution in [-0.2, 0) is 33.5 Å². The molecular formula is C29H37ClN4O5Si. The number of fused-ring (bicyclic) bond motifs is 1. The van der Waals surface area contributed by atoms with Crippen LogP contribution in [-0.4, -0.2) is 49.6 Å². The second-order valence-electron chi connectivity index (χ2n) is 11.9. The molecule has 2 aliphatic rings. The van der Waals surface area contributed by atoms with Gasteiger partial charge in [-0.05, 0) is 65.9 Å². The molecule has 1 saturated heterocycles. The average molecular weight is 585 g/mol. The third kappa shape index (κ3) is 6.74. The molecule has 0 saturated carbocycles. The van der Waals surface area contributed by atoms with E-state index < -0.39 is 20.3 Å². The van der Waals surface area contributed by atoms with Gasteiger partial charge >= 0.3 is 6.03 Å². The highest BCUT2D eigenvalue weighted by Gasteiger charge is 2.39. The summed E-state index contributed by atoms with van der Waals surface area (Å²) in [6.07, 6.45) is 1.22. The summed E-state index contributed by atoms with van der Waals surface area (Å²) < 4.78 is 6.25. The van der Waals surface area contributed by atoms with Gasteiger partial charge in [0.25, 0.3) is 5.91 Å². The van der Waals surface area contributed by atoms with Crippen molar-refractivity contribution in [3.63, 3.8) is 0 Å². The maximum absolute atomic E-state index is 12.9. The number of piperidine rings is 1. The number of nitrogens with zero attached hydrogens (tertiary/aromatic N) is 1. The highest BCUT2D eigenvalue weighted by Crippen LogP contribution is 2.36. The standard InChI is InChI=1S/C29H37ClN4O5Si/c1-29(2,3)40(4,5)39-13-12-19-7-8-21(15-23(19)30)32-28(38)31-16-18-6-9-22-20(14-18)17-34(27(22)37)24-10-11-25(35)33-26(24)36/h6-9,14-15,24H,10-13,16-17H2,1-5H3,(H2,31,32,38)(H,33,35,36). The lowest BCUT2D eigenvalue weighted by molar-refractivity contribution is -0.136. The molecule has 4 rings (SSSR count). The number of hydrogen-bond donors (Lipinski definition) is 3. The third-order valence-corrected chi connectivity index (χ3v) is 12.9. The topological polar surface area (TPSA) is 117 Å². The number of urea groups is 1. The van der Waals surface area contributed by atoms with Gasteiger partial charge < -0.3 is 20.0 Å². The summed E-state index contributed by atoms with van der Waals surface area (Å²) in [5, 5.41) is 8.65. The van der Waals surface area contributed by atoms with Crippen LogP contribution in [0, 0.1) is 0 Å². The Morgan fingerprint density at radius 2 is 1.90 bits per heavy atom. The number of halogens is 1. The number of rotatable bonds is 8. The molecule has 1 atom stereocenters. The molecule has 214 valence electrons. The Hall–Kier alpha value is -3.21. The molecule has 0 radical (unpaired) electrons. The Bertz CT molecular complexity index is 1340. The van der Waals surface area contributed by atoms with Crippen molar-refractivity contribution in [3.05, 3.63) is 63.7 Å². The van der Waals surface area contributed by atoms with Crippen LogP contribution in [0.1, 0.15) is 60.7 Å². The molecule has 2 aromatic rings. The zero-order valence-electron chi connectivity index (χ0n) is 23.7. The Morgan fingerprint density at radius 1 is 1.15 bits per heavy atom. The van der Waals surface area contributed by atoms with Crippen LogP contribution in [0.25, 0.3) is 0 Å². The first-order chi connectivity index (χ1) is 18.7. The predicted molar refractivity (Wildman–Crippen MR) is 157 cm³/mol. The van der Waals surface area contributed by atoms with E-state index in [1.54, 1.807) is 18.2 Å². The molecule has 5 amide bonds. The van der Waals surface area contributed by atoms with Crippen LogP contribution in [0.4, 0.5) is 10.5 Å². The molecule has 2 aromatic carbocycles. The summed E-state index contributed by atoms with van der Waals surface area (Å²) >= 11 is 6.49. The molecule has 0 aromatic heterocycles. The zero-order valence-corrected chi connectivity index (χ0v) is 25.4. The summed E-state index contributed by atoms with van der Waals surface area (Å²) in [5.74, 6) is -0.987. The van der Waals surface area contributed by atoms with Crippen molar-refractivity contribution in [2.75, 3.05) is 11.9 Å². The van der Waals surface area contributed by atoms with Crippen LogP contribution >= 0.6 is 11.6 Å². The smallest absolute Gasteiger partial charge is 0.319 e. The predicted octanol–water partition coefficient (Wildman–Crippen LogP) is 4.99. The molecule has 1 unspecified atom stereocenters. The van der Waals surface area contributed by atoms with Crippen molar-refractivity contribution < 1.29 is 23.6 Å². The molecule has 9 nitrogen and oxygen atoms in total. The van der Waals surface area contributed by atoms with Gasteiger partial charge in [-0.1, -0.05) is 50.6 Å². The molecular weight excluding hydrogens is 548 g/mol. The van der Waals surface area contributed by atoms with Gasteiger partial charge in [0.2, 0.25) is 11.8 Å². The number of anilines is 1. The van der Waals surface area contributed by atoms with Crippen molar-refractivity contribution in [3.8, 4) is 0 Å². The molecule has 40 heavy (non-hydrogen) atoms. The fraction of sp³-hybridized carbons (Fsp3) is 0.448. The first kappa shape index (κ1) is 29.8. The van der Waals surface area contributed by atoms with Gasteiger partial charge in [0, 0.05) is 42.4 Å². The average Bonchev–Trinajstić information content (AvgIpc) is 3.18. The van der Waals surface area contributed by atoms with Gasteiger partial charge in [-0.15, -0.1) is 0 Å². The molecule has 0 spiro atoms. The zero-order chi connectivity index (χ0) is 29.2. The summed E-state index contributed by atoms with van der Waals surface area (Å²) in [6.45, 7) is 12.2. The number of carbonyl (C=O) groups excluding carboxylic acids is 4. The van der Waals surface area contributed by atoms with E-state index in [-0.39, 0.29) is 42.4 Å². The lowest BCUT2D eigenvalue weighted by Crippen LogP contribution is -2.52. The lowest BCUT2D eigenvalue weighted by Gasteiger charge is -2.36. The van der Waals surface area contributed by atoms with Crippen LogP contribution in [0.2, 0.25) is 23.2 Å². The molecule has 2 heterocycles. The quantitative estimate of drug-likeness (QED) is 0.299. The van der Waals surface area contributed by atoms with Crippen molar-refractivity contribution >= 4 is 49.4 Å². The van der Waals surface area contributed by atoms with E-state index in [9.17, 15) is 19.2 Å². The van der Waals surface area contributed by atoms with E-state index in [1.165, 1.54) is 4.90 Å². The maximum Gasteiger partial charge on any atom is 0.319 e. The van der Waals surface area contributed by atoms with E-state index in [4.69, 9.17) is 16.0 Å². The van der Waals surface area contributed by atoms with E-state index in [1.807, 2.05) is 18.2 Å². The first-order valence-corrected chi connectivity index (χ1v) is 16.8. The Labute approximate surface area is 241 Å². The number of nitrogens with one attached hydrogen (secondary N) is 3. The van der Waals surface area contributed by atoms with Crippen molar-refractivity contribution in [2.24, 2.45) is 0 Å². The molecule has 0 bridgehead atoms. The lowest BCUT2D eigenvalue weighted by atomic mass is 10.0. The SMILES string of the molecule is CC(C)(C)[Si](C)(C)OCCc1ccc(NC(=O)NCc2ccc3c(c2)CN(C2CCC(=O)NC2=O)C3=O)cc1Cl. The van der Waals surface area contributed by atoms with Gasteiger partial charge in [-0.2, -0.15) is 0 Å². The normalized spacial score (nSPS) is 17.5. The molecule has 0 aliphatic carbocycles. The Kier molecular flexibility index (Phi) is 8.72. The van der Waals surface area contributed by atoms with E-state index in [0.717, 1.165) is 16.7 Å². The van der Waals surface area contributed by atoms with E-state index in [0.29, 0.717) is 35.7 Å². The summed E-state index contributed by atoms with van der Waals surface area (Å²) in [7, 11) is -1.83. The Morgan fingerprint density at radius 3 is 2.58 bits per heavy atom. The van der Waals surface area contributed by atoms with Crippen LogP contribution in [0.5, 0.6) is 0 Å². The molecule has 2 aliphatic heterocycles. The second kappa shape index (κ2) is 11.7. The first-order valence-electron chi connectivity index (χ1n) is 13.5. The third-order valence-electron chi connectivity index (χ3n) is 7.99. The monoisotopic (exact) mass is 584 g/mol. The van der Waals surface area contributed by atoms with Crippen LogP contribution in [0.15, 0.2) is 36.4 Å². The van der Waals surface area contributed by atoms with Crippen LogP contribution in [0.3, 0.4) is 0 Å².